The zero-order valence-corrected chi connectivity index (χ0v) is 11.9. The van der Waals surface area contributed by atoms with Crippen molar-refractivity contribution < 1.29 is 4.39 Å². The first-order valence-corrected chi connectivity index (χ1v) is 6.52. The van der Waals surface area contributed by atoms with Crippen molar-refractivity contribution in [1.82, 2.24) is 5.43 Å². The Bertz CT molecular complexity index is 553. The lowest BCUT2D eigenvalue weighted by Gasteiger charge is -2.19. The monoisotopic (exact) mass is 318 g/mol. The fourth-order valence-corrected chi connectivity index (χ4v) is 2.41. The minimum absolute atomic E-state index is 0.305. The summed E-state index contributed by atoms with van der Waals surface area (Å²) < 4.78 is 13.9. The van der Waals surface area contributed by atoms with Gasteiger partial charge in [0, 0.05) is 20.6 Å². The van der Waals surface area contributed by atoms with Crippen molar-refractivity contribution in [3.05, 3.63) is 68.4 Å². The highest BCUT2D eigenvalue weighted by molar-refractivity contribution is 6.33. The van der Waals surface area contributed by atoms with Gasteiger partial charge in [-0.3, -0.25) is 5.84 Å². The van der Waals surface area contributed by atoms with Crippen molar-refractivity contribution in [1.29, 1.82) is 0 Å². The van der Waals surface area contributed by atoms with Crippen LogP contribution in [0.15, 0.2) is 36.4 Å². The van der Waals surface area contributed by atoms with E-state index in [9.17, 15) is 4.39 Å². The van der Waals surface area contributed by atoms with Crippen LogP contribution >= 0.6 is 34.8 Å². The van der Waals surface area contributed by atoms with E-state index in [2.05, 4.69) is 5.43 Å². The average molecular weight is 320 g/mol. The molecule has 100 valence electrons. The van der Waals surface area contributed by atoms with Crippen LogP contribution in [-0.2, 0) is 0 Å². The molecule has 0 fully saturated rings. The first-order chi connectivity index (χ1) is 9.02. The van der Waals surface area contributed by atoms with E-state index in [-0.39, 0.29) is 0 Å². The molecule has 0 amide bonds. The Morgan fingerprint density at radius 2 is 1.53 bits per heavy atom. The number of nitrogens with one attached hydrogen (secondary N) is 1. The Labute approximate surface area is 125 Å². The molecule has 0 radical (unpaired) electrons. The standard InChI is InChI=1S/C13H10Cl3FN2/c14-7-1-3-11(16)9(5-7)13(19-18)10-6-8(15)2-4-12(10)17/h1-6,13,19H,18H2. The Kier molecular flexibility index (Phi) is 4.66. The minimum atomic E-state index is -0.634. The molecular weight excluding hydrogens is 310 g/mol. The molecule has 2 aromatic rings. The summed E-state index contributed by atoms with van der Waals surface area (Å²) in [6.07, 6.45) is 0. The van der Waals surface area contributed by atoms with Crippen LogP contribution in [0.5, 0.6) is 0 Å². The van der Waals surface area contributed by atoms with Crippen molar-refractivity contribution >= 4 is 34.8 Å². The molecule has 0 spiro atoms. The zero-order chi connectivity index (χ0) is 14.0. The van der Waals surface area contributed by atoms with Gasteiger partial charge in [-0.2, -0.15) is 0 Å². The van der Waals surface area contributed by atoms with Crippen molar-refractivity contribution in [3.63, 3.8) is 0 Å². The number of benzene rings is 2. The Balaban J connectivity index is 2.55. The molecule has 0 saturated heterocycles. The van der Waals surface area contributed by atoms with Crippen LogP contribution in [0.25, 0.3) is 0 Å². The normalized spacial score (nSPS) is 12.5. The molecule has 0 aliphatic rings. The van der Waals surface area contributed by atoms with Crippen molar-refractivity contribution in [2.75, 3.05) is 0 Å². The SMILES string of the molecule is NNC(c1cc(Cl)ccc1F)c1cc(Cl)ccc1Cl. The highest BCUT2D eigenvalue weighted by Crippen LogP contribution is 2.32. The van der Waals surface area contributed by atoms with Crippen LogP contribution < -0.4 is 11.3 Å². The molecule has 0 aliphatic carbocycles. The maximum atomic E-state index is 13.9. The van der Waals surface area contributed by atoms with Crippen LogP contribution in [0.4, 0.5) is 4.39 Å². The highest BCUT2D eigenvalue weighted by Gasteiger charge is 2.20. The van der Waals surface area contributed by atoms with Crippen LogP contribution in [0.2, 0.25) is 15.1 Å². The van der Waals surface area contributed by atoms with Crippen LogP contribution in [-0.4, -0.2) is 0 Å². The number of halogens is 4. The van der Waals surface area contributed by atoms with E-state index in [1.807, 2.05) is 0 Å². The molecular formula is C13H10Cl3FN2. The lowest BCUT2D eigenvalue weighted by molar-refractivity contribution is 0.560. The fraction of sp³-hybridized carbons (Fsp3) is 0.0769. The minimum Gasteiger partial charge on any atom is -0.271 e. The van der Waals surface area contributed by atoms with Crippen molar-refractivity contribution in [3.8, 4) is 0 Å². The average Bonchev–Trinajstić information content (AvgIpc) is 2.38. The molecule has 2 aromatic carbocycles. The summed E-state index contributed by atoms with van der Waals surface area (Å²) in [4.78, 5) is 0. The molecule has 3 N–H and O–H groups in total. The summed E-state index contributed by atoms with van der Waals surface area (Å²) in [7, 11) is 0. The lowest BCUT2D eigenvalue weighted by Crippen LogP contribution is -2.29. The molecule has 0 saturated carbocycles. The topological polar surface area (TPSA) is 38.0 Å². The summed E-state index contributed by atoms with van der Waals surface area (Å²) in [5.41, 5.74) is 3.42. The van der Waals surface area contributed by atoms with E-state index >= 15 is 0 Å². The van der Waals surface area contributed by atoms with Gasteiger partial charge in [0.2, 0.25) is 0 Å². The Hall–Kier alpha value is -0.840. The molecule has 2 nitrogen and oxygen atoms in total. The second-order valence-electron chi connectivity index (χ2n) is 3.93. The van der Waals surface area contributed by atoms with Crippen molar-refractivity contribution in [2.24, 2.45) is 5.84 Å². The molecule has 2 rings (SSSR count). The predicted molar refractivity (Wildman–Crippen MR) is 77.0 cm³/mol. The van der Waals surface area contributed by atoms with E-state index in [4.69, 9.17) is 40.6 Å². The van der Waals surface area contributed by atoms with Crippen LogP contribution in [0.3, 0.4) is 0 Å². The van der Waals surface area contributed by atoms with Gasteiger partial charge in [-0.15, -0.1) is 0 Å². The predicted octanol–water partition coefficient (Wildman–Crippen LogP) is 4.34. The quantitative estimate of drug-likeness (QED) is 0.652. The molecule has 0 heterocycles. The van der Waals surface area contributed by atoms with E-state index in [1.54, 1.807) is 18.2 Å². The number of nitrogens with two attached hydrogens (primary N) is 1. The number of hydrazine groups is 1. The van der Waals surface area contributed by atoms with E-state index in [1.165, 1.54) is 18.2 Å². The first-order valence-electron chi connectivity index (χ1n) is 5.39. The van der Waals surface area contributed by atoms with Gasteiger partial charge in [0.1, 0.15) is 5.82 Å². The van der Waals surface area contributed by atoms with Crippen LogP contribution in [0.1, 0.15) is 17.2 Å². The molecule has 0 bridgehead atoms. The third-order valence-electron chi connectivity index (χ3n) is 2.70. The first kappa shape index (κ1) is 14.6. The largest absolute Gasteiger partial charge is 0.271 e. The van der Waals surface area contributed by atoms with Gasteiger partial charge in [0.05, 0.1) is 6.04 Å². The number of rotatable bonds is 3. The number of hydrogen-bond acceptors (Lipinski definition) is 2. The summed E-state index contributed by atoms with van der Waals surface area (Å²) in [5.74, 6) is 5.09. The Morgan fingerprint density at radius 3 is 2.16 bits per heavy atom. The molecule has 19 heavy (non-hydrogen) atoms. The fourth-order valence-electron chi connectivity index (χ4n) is 1.82. The third kappa shape index (κ3) is 3.19. The zero-order valence-electron chi connectivity index (χ0n) is 9.63. The third-order valence-corrected chi connectivity index (χ3v) is 3.52. The summed E-state index contributed by atoms with van der Waals surface area (Å²) in [5, 5.41) is 1.34. The maximum Gasteiger partial charge on any atom is 0.128 e. The molecule has 1 unspecified atom stereocenters. The second-order valence-corrected chi connectivity index (χ2v) is 5.21. The van der Waals surface area contributed by atoms with Gasteiger partial charge in [0.25, 0.3) is 0 Å². The molecule has 0 aromatic heterocycles. The Morgan fingerprint density at radius 1 is 0.947 bits per heavy atom. The van der Waals surface area contributed by atoms with Gasteiger partial charge in [0.15, 0.2) is 0 Å². The van der Waals surface area contributed by atoms with Gasteiger partial charge in [-0.25, -0.2) is 9.82 Å². The van der Waals surface area contributed by atoms with Gasteiger partial charge in [-0.1, -0.05) is 34.8 Å². The summed E-state index contributed by atoms with van der Waals surface area (Å²) in [6.45, 7) is 0. The second kappa shape index (κ2) is 6.07. The number of hydrogen-bond donors (Lipinski definition) is 2. The van der Waals surface area contributed by atoms with Gasteiger partial charge >= 0.3 is 0 Å². The summed E-state index contributed by atoms with van der Waals surface area (Å²) >= 11 is 17.9. The van der Waals surface area contributed by atoms with Gasteiger partial charge in [-0.05, 0) is 42.0 Å². The summed E-state index contributed by atoms with van der Waals surface area (Å²) in [6, 6.07) is 8.52. The lowest BCUT2D eigenvalue weighted by atomic mass is 9.99. The molecule has 1 atom stereocenters. The smallest absolute Gasteiger partial charge is 0.128 e. The van der Waals surface area contributed by atoms with Crippen molar-refractivity contribution in [2.45, 2.75) is 6.04 Å². The molecule has 0 aliphatic heterocycles. The van der Waals surface area contributed by atoms with Gasteiger partial charge < -0.3 is 0 Å². The molecule has 6 heteroatoms. The van der Waals surface area contributed by atoms with Crippen LogP contribution in [0, 0.1) is 5.82 Å². The maximum absolute atomic E-state index is 13.9. The van der Waals surface area contributed by atoms with E-state index in [0.717, 1.165) is 0 Å². The highest BCUT2D eigenvalue weighted by atomic mass is 35.5. The van der Waals surface area contributed by atoms with E-state index < -0.39 is 11.9 Å². The van der Waals surface area contributed by atoms with E-state index in [0.29, 0.717) is 26.2 Å².